The van der Waals surface area contributed by atoms with E-state index in [2.05, 4.69) is 5.32 Å². The Bertz CT molecular complexity index is 1770. The first-order valence-electron chi connectivity index (χ1n) is 15.2. The molecule has 1 N–H and O–H groups in total. The average molecular weight is 660 g/mol. The van der Waals surface area contributed by atoms with E-state index in [1.807, 2.05) is 96.1 Å². The molecule has 0 spiro atoms. The molecule has 0 radical (unpaired) electrons. The second-order valence-corrected chi connectivity index (χ2v) is 15.0. The van der Waals surface area contributed by atoms with Crippen LogP contribution in [0.25, 0.3) is 0 Å². The number of amides is 2. The molecular weight excluding hydrogens is 618 g/mol. The van der Waals surface area contributed by atoms with E-state index >= 15 is 0 Å². The number of hydrogen-bond acceptors (Lipinski definition) is 4. The summed E-state index contributed by atoms with van der Waals surface area (Å²) in [6.07, 6.45) is 0.238. The van der Waals surface area contributed by atoms with Crippen LogP contribution in [0, 0.1) is 20.8 Å². The van der Waals surface area contributed by atoms with Crippen molar-refractivity contribution in [2.24, 2.45) is 0 Å². The Morgan fingerprint density at radius 2 is 1.39 bits per heavy atom. The number of carbonyl (C=O) groups is 2. The fourth-order valence-electron chi connectivity index (χ4n) is 5.00. The molecule has 0 saturated heterocycles. The third kappa shape index (κ3) is 8.98. The molecule has 4 aromatic rings. The second-order valence-electron chi connectivity index (χ2n) is 12.7. The Kier molecular flexibility index (Phi) is 11.0. The number of rotatable bonds is 11. The van der Waals surface area contributed by atoms with Gasteiger partial charge in [-0.25, -0.2) is 8.42 Å². The molecule has 4 rings (SSSR count). The van der Waals surface area contributed by atoms with Gasteiger partial charge in [-0.2, -0.15) is 0 Å². The molecule has 9 heteroatoms. The van der Waals surface area contributed by atoms with Crippen LogP contribution < -0.4 is 9.62 Å². The first-order chi connectivity index (χ1) is 21.6. The lowest BCUT2D eigenvalue weighted by Gasteiger charge is -2.35. The number of hydrogen-bond donors (Lipinski definition) is 1. The van der Waals surface area contributed by atoms with Crippen LogP contribution in [0.15, 0.2) is 102 Å². The number of aryl methyl sites for hydroxylation is 3. The lowest BCUT2D eigenvalue weighted by Crippen LogP contribution is -2.56. The standard InChI is InChI=1S/C37H42ClN3O4S/c1-26-12-17-30(18-13-26)24-40(34(36(43)39-37(4,5)6)22-29-10-8-7-9-11-29)35(42)25-41(31-19-16-28(3)33(38)23-31)46(44,45)32-20-14-27(2)15-21-32/h7-21,23,34H,22,24-25H2,1-6H3,(H,39,43). The zero-order chi connectivity index (χ0) is 33.6. The van der Waals surface area contributed by atoms with Gasteiger partial charge in [0.05, 0.1) is 10.6 Å². The third-order valence-corrected chi connectivity index (χ3v) is 9.77. The Morgan fingerprint density at radius 3 is 1.96 bits per heavy atom. The lowest BCUT2D eigenvalue weighted by atomic mass is 10.0. The van der Waals surface area contributed by atoms with Gasteiger partial charge in [-0.05, 0) is 82.5 Å². The first-order valence-corrected chi connectivity index (χ1v) is 17.0. The Balaban J connectivity index is 1.83. The number of nitrogens with one attached hydrogen (secondary N) is 1. The van der Waals surface area contributed by atoms with E-state index in [4.69, 9.17) is 11.6 Å². The lowest BCUT2D eigenvalue weighted by molar-refractivity contribution is -0.140. The average Bonchev–Trinajstić information content (AvgIpc) is 2.99. The van der Waals surface area contributed by atoms with Crippen LogP contribution in [0.1, 0.15) is 48.6 Å². The summed E-state index contributed by atoms with van der Waals surface area (Å²) >= 11 is 6.47. The second kappa shape index (κ2) is 14.5. The van der Waals surface area contributed by atoms with Crippen LogP contribution in [0.2, 0.25) is 5.02 Å². The quantitative estimate of drug-likeness (QED) is 0.188. The first kappa shape index (κ1) is 34.7. The van der Waals surface area contributed by atoms with Crippen LogP contribution in [-0.2, 0) is 32.6 Å². The molecule has 46 heavy (non-hydrogen) atoms. The van der Waals surface area contributed by atoms with Crippen molar-refractivity contribution in [3.8, 4) is 0 Å². The zero-order valence-electron chi connectivity index (χ0n) is 27.2. The zero-order valence-corrected chi connectivity index (χ0v) is 28.8. The molecule has 7 nitrogen and oxygen atoms in total. The summed E-state index contributed by atoms with van der Waals surface area (Å²) in [6, 6.07) is 27.7. The van der Waals surface area contributed by atoms with Gasteiger partial charge in [0.1, 0.15) is 12.6 Å². The van der Waals surface area contributed by atoms with Gasteiger partial charge < -0.3 is 10.2 Å². The van der Waals surface area contributed by atoms with Gasteiger partial charge in [0.2, 0.25) is 11.8 Å². The van der Waals surface area contributed by atoms with E-state index in [-0.39, 0.29) is 29.5 Å². The summed E-state index contributed by atoms with van der Waals surface area (Å²) in [4.78, 5) is 30.1. The number of carbonyl (C=O) groups excluding carboxylic acids is 2. The minimum atomic E-state index is -4.21. The number of sulfonamides is 1. The van der Waals surface area contributed by atoms with Crippen LogP contribution in [-0.4, -0.2) is 43.3 Å². The maximum Gasteiger partial charge on any atom is 0.264 e. The van der Waals surface area contributed by atoms with Gasteiger partial charge in [-0.1, -0.05) is 95.5 Å². The highest BCUT2D eigenvalue weighted by molar-refractivity contribution is 7.92. The summed E-state index contributed by atoms with van der Waals surface area (Å²) < 4.78 is 29.5. The van der Waals surface area contributed by atoms with Crippen molar-refractivity contribution < 1.29 is 18.0 Å². The Labute approximate surface area is 278 Å². The molecule has 0 heterocycles. The van der Waals surface area contributed by atoms with E-state index in [9.17, 15) is 18.0 Å². The maximum absolute atomic E-state index is 14.6. The minimum Gasteiger partial charge on any atom is -0.350 e. The Morgan fingerprint density at radius 1 is 0.804 bits per heavy atom. The molecule has 0 bridgehead atoms. The summed E-state index contributed by atoms with van der Waals surface area (Å²) in [5, 5.41) is 3.42. The topological polar surface area (TPSA) is 86.8 Å². The molecule has 0 aliphatic carbocycles. The van der Waals surface area contributed by atoms with E-state index in [0.717, 1.165) is 32.1 Å². The number of halogens is 1. The van der Waals surface area contributed by atoms with E-state index in [1.165, 1.54) is 17.0 Å². The van der Waals surface area contributed by atoms with Crippen LogP contribution in [0.4, 0.5) is 5.69 Å². The molecule has 1 atom stereocenters. The summed E-state index contributed by atoms with van der Waals surface area (Å²) in [6.45, 7) is 10.9. The van der Waals surface area contributed by atoms with Crippen LogP contribution in [0.5, 0.6) is 0 Å². The molecule has 0 fully saturated rings. The fourth-order valence-corrected chi connectivity index (χ4v) is 6.58. The molecule has 0 aliphatic rings. The van der Waals surface area contributed by atoms with Gasteiger partial charge >= 0.3 is 0 Å². The van der Waals surface area contributed by atoms with Crippen molar-refractivity contribution >= 4 is 39.1 Å². The smallest absolute Gasteiger partial charge is 0.264 e. The van der Waals surface area contributed by atoms with Crippen molar-refractivity contribution in [3.63, 3.8) is 0 Å². The van der Waals surface area contributed by atoms with Crippen molar-refractivity contribution in [2.45, 2.75) is 71.0 Å². The predicted molar refractivity (Wildman–Crippen MR) is 185 cm³/mol. The van der Waals surface area contributed by atoms with E-state index in [0.29, 0.717) is 5.02 Å². The molecule has 4 aromatic carbocycles. The largest absolute Gasteiger partial charge is 0.350 e. The molecule has 2 amide bonds. The van der Waals surface area contributed by atoms with Crippen molar-refractivity contribution in [1.82, 2.24) is 10.2 Å². The number of nitrogens with zero attached hydrogens (tertiary/aromatic N) is 2. The Hall–Kier alpha value is -4.14. The van der Waals surface area contributed by atoms with Gasteiger partial charge in [0, 0.05) is 23.5 Å². The van der Waals surface area contributed by atoms with Crippen LogP contribution >= 0.6 is 11.6 Å². The number of anilines is 1. The van der Waals surface area contributed by atoms with Gasteiger partial charge in [-0.15, -0.1) is 0 Å². The monoisotopic (exact) mass is 659 g/mol. The van der Waals surface area contributed by atoms with Crippen molar-refractivity contribution in [3.05, 3.63) is 130 Å². The highest BCUT2D eigenvalue weighted by atomic mass is 35.5. The fraction of sp³-hybridized carbons (Fsp3) is 0.297. The summed E-state index contributed by atoms with van der Waals surface area (Å²) in [5.74, 6) is -0.860. The SMILES string of the molecule is Cc1ccc(CN(C(=O)CN(c2ccc(C)c(Cl)c2)S(=O)(=O)c2ccc(C)cc2)C(Cc2ccccc2)C(=O)NC(C)(C)C)cc1. The molecule has 0 aromatic heterocycles. The maximum atomic E-state index is 14.6. The molecule has 0 saturated carbocycles. The minimum absolute atomic E-state index is 0.0407. The molecule has 0 aliphatic heterocycles. The number of benzene rings is 4. The van der Waals surface area contributed by atoms with Crippen LogP contribution in [0.3, 0.4) is 0 Å². The predicted octanol–water partition coefficient (Wildman–Crippen LogP) is 7.02. The molecular formula is C37H42ClN3O4S. The summed E-state index contributed by atoms with van der Waals surface area (Å²) in [5.41, 5.74) is 4.09. The highest BCUT2D eigenvalue weighted by Crippen LogP contribution is 2.29. The van der Waals surface area contributed by atoms with E-state index in [1.54, 1.807) is 30.3 Å². The molecule has 242 valence electrons. The van der Waals surface area contributed by atoms with Crippen molar-refractivity contribution in [2.75, 3.05) is 10.8 Å². The highest BCUT2D eigenvalue weighted by Gasteiger charge is 2.35. The third-order valence-electron chi connectivity index (χ3n) is 7.57. The van der Waals surface area contributed by atoms with Crippen molar-refractivity contribution in [1.29, 1.82) is 0 Å². The van der Waals surface area contributed by atoms with Gasteiger partial charge in [-0.3, -0.25) is 13.9 Å². The van der Waals surface area contributed by atoms with Gasteiger partial charge in [0.25, 0.3) is 10.0 Å². The normalized spacial score (nSPS) is 12.3. The van der Waals surface area contributed by atoms with Gasteiger partial charge in [0.15, 0.2) is 0 Å². The summed E-state index contributed by atoms with van der Waals surface area (Å²) in [7, 11) is -4.21. The molecule has 1 unspecified atom stereocenters. The van der Waals surface area contributed by atoms with E-state index < -0.39 is 34.1 Å².